The van der Waals surface area contributed by atoms with Gasteiger partial charge in [0.05, 0.1) is 21.3 Å². The topological polar surface area (TPSA) is 25.8 Å². The van der Waals surface area contributed by atoms with Gasteiger partial charge in [-0.2, -0.15) is 5.10 Å². The zero-order chi connectivity index (χ0) is 18.3. The number of halogens is 6. The fourth-order valence-corrected chi connectivity index (χ4v) is 3.04. The minimum Gasteiger partial charge on any atom is -0.207 e. The summed E-state index contributed by atoms with van der Waals surface area (Å²) in [6, 6.07) is 5.81. The molecule has 0 saturated heterocycles. The van der Waals surface area contributed by atoms with E-state index in [0.29, 0.717) is 34.0 Å². The first-order valence-electron chi connectivity index (χ1n) is 6.92. The van der Waals surface area contributed by atoms with Crippen molar-refractivity contribution in [3.05, 3.63) is 68.7 Å². The molecule has 0 saturated carbocycles. The smallest absolute Gasteiger partial charge is 0.160 e. The van der Waals surface area contributed by atoms with Crippen LogP contribution in [0.3, 0.4) is 0 Å². The summed E-state index contributed by atoms with van der Waals surface area (Å²) in [5.74, 6) is -3.24. The normalized spacial score (nSPS) is 11.0. The van der Waals surface area contributed by atoms with Gasteiger partial charge in [-0.1, -0.05) is 40.9 Å². The lowest BCUT2D eigenvalue weighted by molar-refractivity contribution is 0.548. The first kappa shape index (κ1) is 18.0. The van der Waals surface area contributed by atoms with E-state index in [1.807, 2.05) is 0 Å². The van der Waals surface area contributed by atoms with Gasteiger partial charge in [-0.3, -0.25) is 0 Å². The van der Waals surface area contributed by atoms with Crippen LogP contribution in [0.25, 0.3) is 22.3 Å². The van der Waals surface area contributed by atoms with Crippen LogP contribution in [-0.2, 0) is 0 Å². The van der Waals surface area contributed by atoms with Crippen molar-refractivity contribution in [1.82, 2.24) is 10.2 Å². The second-order valence-electron chi connectivity index (χ2n) is 5.20. The molecule has 0 bridgehead atoms. The van der Waals surface area contributed by atoms with Crippen molar-refractivity contribution in [2.24, 2.45) is 0 Å². The van der Waals surface area contributed by atoms with Crippen molar-refractivity contribution in [2.75, 3.05) is 0 Å². The predicted molar refractivity (Wildman–Crippen MR) is 92.5 cm³/mol. The molecule has 0 unspecified atom stereocenters. The molecule has 128 valence electrons. The molecule has 1 aromatic heterocycles. The van der Waals surface area contributed by atoms with Gasteiger partial charge < -0.3 is 0 Å². The van der Waals surface area contributed by atoms with Crippen LogP contribution in [0.1, 0.15) is 5.69 Å². The molecule has 0 aliphatic heterocycles. The molecule has 0 aliphatic carbocycles. The number of aromatic nitrogens is 2. The van der Waals surface area contributed by atoms with Crippen LogP contribution in [0, 0.1) is 24.4 Å². The Hall–Kier alpha value is -1.82. The molecule has 1 heterocycles. The SMILES string of the molecule is Cc1nnc(Cl)c(-c2c(F)cc(F)cc2F)c1-c1ccc(Cl)c(Cl)c1. The highest BCUT2D eigenvalue weighted by molar-refractivity contribution is 6.42. The minimum absolute atomic E-state index is 0.0393. The second-order valence-corrected chi connectivity index (χ2v) is 6.37. The highest BCUT2D eigenvalue weighted by Crippen LogP contribution is 2.41. The Morgan fingerprint density at radius 2 is 1.40 bits per heavy atom. The van der Waals surface area contributed by atoms with Crippen LogP contribution in [-0.4, -0.2) is 10.2 Å². The molecule has 0 aliphatic rings. The van der Waals surface area contributed by atoms with Crippen LogP contribution in [0.5, 0.6) is 0 Å². The molecule has 0 amide bonds. The fraction of sp³-hybridized carbons (Fsp3) is 0.0588. The summed E-state index contributed by atoms with van der Waals surface area (Å²) in [5, 5.41) is 7.95. The number of nitrogens with zero attached hydrogens (tertiary/aromatic N) is 2. The quantitative estimate of drug-likeness (QED) is 0.488. The fourth-order valence-electron chi connectivity index (χ4n) is 2.52. The molecular formula is C17H8Cl3F3N2. The minimum atomic E-state index is -1.10. The Morgan fingerprint density at radius 3 is 2.00 bits per heavy atom. The maximum Gasteiger partial charge on any atom is 0.160 e. The summed E-state index contributed by atoms with van der Waals surface area (Å²) >= 11 is 18.0. The van der Waals surface area contributed by atoms with E-state index in [-0.39, 0.29) is 15.7 Å². The second kappa shape index (κ2) is 6.83. The molecule has 25 heavy (non-hydrogen) atoms. The number of rotatable bonds is 2. The van der Waals surface area contributed by atoms with Crippen molar-refractivity contribution in [2.45, 2.75) is 6.92 Å². The molecule has 0 radical (unpaired) electrons. The largest absolute Gasteiger partial charge is 0.207 e. The average Bonchev–Trinajstić information content (AvgIpc) is 2.53. The van der Waals surface area contributed by atoms with E-state index >= 15 is 0 Å². The Kier molecular flexibility index (Phi) is 4.91. The molecule has 0 spiro atoms. The molecular weight excluding hydrogens is 396 g/mol. The first-order chi connectivity index (χ1) is 11.8. The van der Waals surface area contributed by atoms with Crippen molar-refractivity contribution in [3.63, 3.8) is 0 Å². The Morgan fingerprint density at radius 1 is 0.760 bits per heavy atom. The zero-order valence-corrected chi connectivity index (χ0v) is 14.8. The number of aryl methyl sites for hydroxylation is 1. The van der Waals surface area contributed by atoms with Gasteiger partial charge in [0.2, 0.25) is 0 Å². The monoisotopic (exact) mass is 402 g/mol. The zero-order valence-electron chi connectivity index (χ0n) is 12.5. The first-order valence-corrected chi connectivity index (χ1v) is 8.06. The molecule has 2 nitrogen and oxygen atoms in total. The predicted octanol–water partition coefficient (Wildman–Crippen LogP) is 6.50. The summed E-state index contributed by atoms with van der Waals surface area (Å²) < 4.78 is 41.9. The van der Waals surface area contributed by atoms with Crippen molar-refractivity contribution in [1.29, 1.82) is 0 Å². The number of hydrogen-bond donors (Lipinski definition) is 0. The van der Waals surface area contributed by atoms with Crippen molar-refractivity contribution < 1.29 is 13.2 Å². The third-order valence-corrected chi connectivity index (χ3v) is 4.57. The van der Waals surface area contributed by atoms with E-state index in [1.54, 1.807) is 13.0 Å². The standard InChI is InChI=1S/C17H8Cl3F3N2/c1-7-14(8-2-3-10(18)11(19)4-8)16(17(20)25-24-7)15-12(22)5-9(21)6-13(15)23/h2-6H,1H3. The molecule has 0 N–H and O–H groups in total. The van der Waals surface area contributed by atoms with E-state index < -0.39 is 23.0 Å². The van der Waals surface area contributed by atoms with Crippen molar-refractivity contribution in [3.8, 4) is 22.3 Å². The van der Waals surface area contributed by atoms with Gasteiger partial charge in [-0.15, -0.1) is 5.10 Å². The van der Waals surface area contributed by atoms with E-state index in [1.165, 1.54) is 12.1 Å². The molecule has 3 rings (SSSR count). The van der Waals surface area contributed by atoms with Gasteiger partial charge >= 0.3 is 0 Å². The van der Waals surface area contributed by atoms with Gasteiger partial charge in [0, 0.05) is 23.3 Å². The lowest BCUT2D eigenvalue weighted by Gasteiger charge is -2.15. The third-order valence-electron chi connectivity index (χ3n) is 3.57. The maximum atomic E-state index is 14.3. The van der Waals surface area contributed by atoms with Gasteiger partial charge in [0.1, 0.15) is 17.5 Å². The summed E-state index contributed by atoms with van der Waals surface area (Å²) in [4.78, 5) is 0. The lowest BCUT2D eigenvalue weighted by Crippen LogP contribution is -2.01. The van der Waals surface area contributed by atoms with Gasteiger partial charge in [-0.05, 0) is 24.6 Å². The lowest BCUT2D eigenvalue weighted by atomic mass is 9.94. The van der Waals surface area contributed by atoms with E-state index in [9.17, 15) is 13.2 Å². The van der Waals surface area contributed by atoms with Gasteiger partial charge in [-0.25, -0.2) is 13.2 Å². The van der Waals surface area contributed by atoms with Crippen LogP contribution in [0.2, 0.25) is 15.2 Å². The third kappa shape index (κ3) is 3.32. The maximum absolute atomic E-state index is 14.3. The Balaban J connectivity index is 2.39. The summed E-state index contributed by atoms with van der Waals surface area (Å²) in [5.41, 5.74) is 0.638. The number of benzene rings is 2. The highest BCUT2D eigenvalue weighted by atomic mass is 35.5. The van der Waals surface area contributed by atoms with E-state index in [2.05, 4.69) is 10.2 Å². The molecule has 0 atom stereocenters. The summed E-state index contributed by atoms with van der Waals surface area (Å²) in [6.07, 6.45) is 0. The van der Waals surface area contributed by atoms with E-state index in [0.717, 1.165) is 0 Å². The summed E-state index contributed by atoms with van der Waals surface area (Å²) in [6.45, 7) is 1.60. The number of hydrogen-bond acceptors (Lipinski definition) is 2. The molecule has 2 aromatic carbocycles. The molecule has 0 fully saturated rings. The van der Waals surface area contributed by atoms with Gasteiger partial charge in [0.25, 0.3) is 0 Å². The molecule has 8 heteroatoms. The van der Waals surface area contributed by atoms with Crippen molar-refractivity contribution >= 4 is 34.8 Å². The van der Waals surface area contributed by atoms with Gasteiger partial charge in [0.15, 0.2) is 5.15 Å². The Labute approximate surface area is 156 Å². The van der Waals surface area contributed by atoms with Crippen LogP contribution < -0.4 is 0 Å². The molecule has 3 aromatic rings. The van der Waals surface area contributed by atoms with E-state index in [4.69, 9.17) is 34.8 Å². The Bertz CT molecular complexity index is 970. The highest BCUT2D eigenvalue weighted by Gasteiger charge is 2.23. The average molecular weight is 404 g/mol. The van der Waals surface area contributed by atoms with Crippen LogP contribution in [0.15, 0.2) is 30.3 Å². The summed E-state index contributed by atoms with van der Waals surface area (Å²) in [7, 11) is 0. The van der Waals surface area contributed by atoms with Crippen LogP contribution >= 0.6 is 34.8 Å². The van der Waals surface area contributed by atoms with Crippen LogP contribution in [0.4, 0.5) is 13.2 Å².